The van der Waals surface area contributed by atoms with Gasteiger partial charge in [-0.3, -0.25) is 4.98 Å². The van der Waals surface area contributed by atoms with Crippen LogP contribution in [0.3, 0.4) is 0 Å². The summed E-state index contributed by atoms with van der Waals surface area (Å²) < 4.78 is 5.82. The maximum Gasteiger partial charge on any atom is 0.144 e. The van der Waals surface area contributed by atoms with Crippen LogP contribution >= 0.6 is 0 Å². The van der Waals surface area contributed by atoms with Crippen molar-refractivity contribution in [3.63, 3.8) is 0 Å². The van der Waals surface area contributed by atoms with Gasteiger partial charge in [0.25, 0.3) is 0 Å². The molecule has 0 aromatic carbocycles. The van der Waals surface area contributed by atoms with Gasteiger partial charge in [0.2, 0.25) is 0 Å². The zero-order chi connectivity index (χ0) is 11.4. The van der Waals surface area contributed by atoms with Crippen LogP contribution in [-0.2, 0) is 6.61 Å². The molecule has 1 aliphatic rings. The summed E-state index contributed by atoms with van der Waals surface area (Å²) >= 11 is 0. The number of aliphatic hydroxyl groups excluding tert-OH is 1. The van der Waals surface area contributed by atoms with E-state index in [1.807, 2.05) is 19.1 Å². The molecule has 86 valence electrons. The van der Waals surface area contributed by atoms with Gasteiger partial charge in [-0.1, -0.05) is 6.08 Å². The van der Waals surface area contributed by atoms with Crippen molar-refractivity contribution in [3.8, 4) is 5.75 Å². The standard InChI is InChI=1S/C13H17NO2/c1-10-7-8-13(12(9-15)14-10)16-11-5-3-2-4-6-11/h3,5,7-8,11,15H,2,4,6,9H2,1H3. The van der Waals surface area contributed by atoms with E-state index in [-0.39, 0.29) is 12.7 Å². The van der Waals surface area contributed by atoms with E-state index in [1.54, 1.807) is 0 Å². The summed E-state index contributed by atoms with van der Waals surface area (Å²) in [6.45, 7) is 1.83. The Bertz CT molecular complexity index is 388. The number of hydrogen-bond acceptors (Lipinski definition) is 3. The molecule has 1 aromatic heterocycles. The highest BCUT2D eigenvalue weighted by Crippen LogP contribution is 2.22. The highest BCUT2D eigenvalue weighted by molar-refractivity contribution is 5.29. The van der Waals surface area contributed by atoms with Gasteiger partial charge in [0.1, 0.15) is 17.5 Å². The Morgan fingerprint density at radius 3 is 3.06 bits per heavy atom. The number of aromatic nitrogens is 1. The van der Waals surface area contributed by atoms with Crippen molar-refractivity contribution in [2.75, 3.05) is 0 Å². The lowest BCUT2D eigenvalue weighted by atomic mass is 10.1. The molecular weight excluding hydrogens is 202 g/mol. The Kier molecular flexibility index (Phi) is 3.57. The van der Waals surface area contributed by atoms with E-state index in [4.69, 9.17) is 4.74 Å². The fourth-order valence-electron chi connectivity index (χ4n) is 1.86. The second kappa shape index (κ2) is 5.12. The molecule has 1 N–H and O–H groups in total. The number of nitrogens with zero attached hydrogens (tertiary/aromatic N) is 1. The molecule has 1 aromatic rings. The lowest BCUT2D eigenvalue weighted by Crippen LogP contribution is -2.17. The Hall–Kier alpha value is -1.35. The Morgan fingerprint density at radius 2 is 2.38 bits per heavy atom. The number of aryl methyl sites for hydroxylation is 1. The van der Waals surface area contributed by atoms with E-state index in [0.29, 0.717) is 11.4 Å². The topological polar surface area (TPSA) is 42.4 Å². The first kappa shape index (κ1) is 11.1. The van der Waals surface area contributed by atoms with Crippen molar-refractivity contribution in [2.24, 2.45) is 0 Å². The van der Waals surface area contributed by atoms with Crippen molar-refractivity contribution < 1.29 is 9.84 Å². The van der Waals surface area contributed by atoms with Crippen LogP contribution in [0, 0.1) is 6.92 Å². The van der Waals surface area contributed by atoms with Crippen LogP contribution in [0.25, 0.3) is 0 Å². The van der Waals surface area contributed by atoms with Crippen LogP contribution in [0.15, 0.2) is 24.3 Å². The van der Waals surface area contributed by atoms with E-state index >= 15 is 0 Å². The molecule has 0 fully saturated rings. The first-order valence-electron chi connectivity index (χ1n) is 5.70. The molecule has 0 saturated heterocycles. The molecule has 0 amide bonds. The molecule has 3 heteroatoms. The van der Waals surface area contributed by atoms with Gasteiger partial charge in [-0.2, -0.15) is 0 Å². The third-order valence-electron chi connectivity index (χ3n) is 2.71. The SMILES string of the molecule is Cc1ccc(OC2C=CCCC2)c(CO)n1. The van der Waals surface area contributed by atoms with Crippen molar-refractivity contribution in [2.45, 2.75) is 38.9 Å². The highest BCUT2D eigenvalue weighted by Gasteiger charge is 2.12. The molecule has 0 radical (unpaired) electrons. The summed E-state index contributed by atoms with van der Waals surface area (Å²) in [5, 5.41) is 9.21. The zero-order valence-electron chi connectivity index (χ0n) is 9.52. The molecular formula is C13H17NO2. The van der Waals surface area contributed by atoms with Crippen molar-refractivity contribution in [1.82, 2.24) is 4.98 Å². The quantitative estimate of drug-likeness (QED) is 0.793. The Balaban J connectivity index is 2.13. The Morgan fingerprint density at radius 1 is 1.50 bits per heavy atom. The fraction of sp³-hybridized carbons (Fsp3) is 0.462. The van der Waals surface area contributed by atoms with Crippen LogP contribution in [0.5, 0.6) is 5.75 Å². The lowest BCUT2D eigenvalue weighted by Gasteiger charge is -2.19. The minimum atomic E-state index is -0.0759. The summed E-state index contributed by atoms with van der Waals surface area (Å²) in [6.07, 6.45) is 7.70. The number of aliphatic hydroxyl groups is 1. The van der Waals surface area contributed by atoms with Gasteiger partial charge in [-0.15, -0.1) is 0 Å². The van der Waals surface area contributed by atoms with Crippen LogP contribution in [-0.4, -0.2) is 16.2 Å². The van der Waals surface area contributed by atoms with Crippen LogP contribution < -0.4 is 4.74 Å². The van der Waals surface area contributed by atoms with Crippen molar-refractivity contribution in [3.05, 3.63) is 35.7 Å². The molecule has 0 saturated carbocycles. The molecule has 0 aliphatic heterocycles. The molecule has 1 aliphatic carbocycles. The van der Waals surface area contributed by atoms with Gasteiger partial charge in [0.05, 0.1) is 6.61 Å². The fourth-order valence-corrected chi connectivity index (χ4v) is 1.86. The normalized spacial score (nSPS) is 19.8. The first-order valence-corrected chi connectivity index (χ1v) is 5.70. The number of pyridine rings is 1. The maximum absolute atomic E-state index is 9.21. The third kappa shape index (κ3) is 2.61. The van der Waals surface area contributed by atoms with Gasteiger partial charge in [-0.25, -0.2) is 0 Å². The van der Waals surface area contributed by atoms with Gasteiger partial charge >= 0.3 is 0 Å². The predicted octanol–water partition coefficient (Wildman–Crippen LogP) is 2.37. The molecule has 1 unspecified atom stereocenters. The number of ether oxygens (including phenoxy) is 1. The molecule has 0 spiro atoms. The van der Waals surface area contributed by atoms with Gasteiger partial charge < -0.3 is 9.84 Å². The predicted molar refractivity (Wildman–Crippen MR) is 62.3 cm³/mol. The third-order valence-corrected chi connectivity index (χ3v) is 2.71. The summed E-state index contributed by atoms with van der Waals surface area (Å²) in [6, 6.07) is 3.79. The van der Waals surface area contributed by atoms with E-state index < -0.39 is 0 Å². The van der Waals surface area contributed by atoms with Gasteiger partial charge in [0, 0.05) is 5.69 Å². The number of rotatable bonds is 3. The molecule has 2 rings (SSSR count). The average Bonchev–Trinajstić information content (AvgIpc) is 2.33. The minimum absolute atomic E-state index is 0.0759. The van der Waals surface area contributed by atoms with E-state index in [1.165, 1.54) is 0 Å². The molecule has 0 bridgehead atoms. The second-order valence-corrected chi connectivity index (χ2v) is 4.07. The van der Waals surface area contributed by atoms with Gasteiger partial charge in [-0.05, 0) is 44.4 Å². The van der Waals surface area contributed by atoms with E-state index in [9.17, 15) is 5.11 Å². The van der Waals surface area contributed by atoms with E-state index in [2.05, 4.69) is 17.1 Å². The van der Waals surface area contributed by atoms with Crippen LogP contribution in [0.1, 0.15) is 30.7 Å². The van der Waals surface area contributed by atoms with Crippen LogP contribution in [0.4, 0.5) is 0 Å². The van der Waals surface area contributed by atoms with E-state index in [0.717, 1.165) is 25.0 Å². The molecule has 3 nitrogen and oxygen atoms in total. The monoisotopic (exact) mass is 219 g/mol. The van der Waals surface area contributed by atoms with Crippen molar-refractivity contribution in [1.29, 1.82) is 0 Å². The summed E-state index contributed by atoms with van der Waals surface area (Å²) in [7, 11) is 0. The zero-order valence-corrected chi connectivity index (χ0v) is 9.52. The number of allylic oxidation sites excluding steroid dienone is 1. The summed E-state index contributed by atoms with van der Waals surface area (Å²) in [4.78, 5) is 4.26. The number of hydrogen-bond donors (Lipinski definition) is 1. The smallest absolute Gasteiger partial charge is 0.144 e. The van der Waals surface area contributed by atoms with Gasteiger partial charge in [0.15, 0.2) is 0 Å². The largest absolute Gasteiger partial charge is 0.484 e. The molecule has 1 heterocycles. The maximum atomic E-state index is 9.21. The molecule has 1 atom stereocenters. The van der Waals surface area contributed by atoms with Crippen LogP contribution in [0.2, 0.25) is 0 Å². The Labute approximate surface area is 95.8 Å². The summed E-state index contributed by atoms with van der Waals surface area (Å²) in [5.74, 6) is 0.699. The minimum Gasteiger partial charge on any atom is -0.484 e. The highest BCUT2D eigenvalue weighted by atomic mass is 16.5. The average molecular weight is 219 g/mol. The van der Waals surface area contributed by atoms with Crippen molar-refractivity contribution >= 4 is 0 Å². The second-order valence-electron chi connectivity index (χ2n) is 4.07. The first-order chi connectivity index (χ1) is 7.79. The summed E-state index contributed by atoms with van der Waals surface area (Å²) in [5.41, 5.74) is 1.52. The molecule has 16 heavy (non-hydrogen) atoms. The lowest BCUT2D eigenvalue weighted by molar-refractivity contribution is 0.213.